The van der Waals surface area contributed by atoms with Crippen molar-refractivity contribution in [2.45, 2.75) is 20.0 Å². The van der Waals surface area contributed by atoms with E-state index in [4.69, 9.17) is 33.2 Å². The van der Waals surface area contributed by atoms with Gasteiger partial charge in [-0.3, -0.25) is 0 Å². The molecule has 2 unspecified atom stereocenters. The second-order valence-corrected chi connectivity index (χ2v) is 5.84. The van der Waals surface area contributed by atoms with Crippen LogP contribution in [0, 0.1) is 22.9 Å². The Kier molecular flexibility index (Phi) is 3.56. The van der Waals surface area contributed by atoms with Crippen LogP contribution in [0.15, 0.2) is 30.3 Å². The van der Waals surface area contributed by atoms with E-state index in [9.17, 15) is 0 Å². The number of nitriles is 1. The fraction of sp³-hybridized carbons (Fsp3) is 0.357. The molecular formula is C14H13Cl2NO. The lowest BCUT2D eigenvalue weighted by Gasteiger charge is -2.00. The van der Waals surface area contributed by atoms with Gasteiger partial charge in [-0.05, 0) is 17.7 Å². The molecule has 0 radical (unpaired) electrons. The van der Waals surface area contributed by atoms with Crippen molar-refractivity contribution in [2.24, 2.45) is 11.3 Å². The van der Waals surface area contributed by atoms with E-state index in [1.807, 2.05) is 18.2 Å². The average molecular weight is 282 g/mol. The third-order valence-electron chi connectivity index (χ3n) is 3.44. The molecule has 0 aliphatic heterocycles. The molecule has 0 heterocycles. The molecule has 2 nitrogen and oxygen atoms in total. The molecule has 2 rings (SSSR count). The second kappa shape index (κ2) is 4.84. The molecule has 1 aliphatic rings. The highest BCUT2D eigenvalue weighted by Crippen LogP contribution is 2.55. The van der Waals surface area contributed by atoms with E-state index in [0.29, 0.717) is 10.1 Å². The van der Waals surface area contributed by atoms with Gasteiger partial charge in [-0.2, -0.15) is 5.26 Å². The van der Waals surface area contributed by atoms with Crippen molar-refractivity contribution in [3.05, 3.63) is 40.9 Å². The smallest absolute Gasteiger partial charge is 0.286 e. The summed E-state index contributed by atoms with van der Waals surface area (Å²) in [4.78, 5) is 0. The first-order chi connectivity index (χ1) is 8.46. The normalized spacial score (nSPS) is 25.4. The second-order valence-electron chi connectivity index (χ2n) is 5.00. The van der Waals surface area contributed by atoms with E-state index < -0.39 is 0 Å². The Morgan fingerprint density at radius 2 is 2.00 bits per heavy atom. The lowest BCUT2D eigenvalue weighted by Crippen LogP contribution is -1.95. The molecule has 94 valence electrons. The minimum atomic E-state index is -0.0800. The molecule has 1 aromatic rings. The zero-order chi connectivity index (χ0) is 13.3. The fourth-order valence-electron chi connectivity index (χ4n) is 2.08. The fourth-order valence-corrected chi connectivity index (χ4v) is 2.46. The molecule has 0 N–H and O–H groups in total. The van der Waals surface area contributed by atoms with E-state index in [-0.39, 0.29) is 17.4 Å². The van der Waals surface area contributed by atoms with Crippen LogP contribution in [-0.2, 0) is 4.74 Å². The predicted molar refractivity (Wildman–Crippen MR) is 73.0 cm³/mol. The summed E-state index contributed by atoms with van der Waals surface area (Å²) in [7, 11) is 0. The molecule has 1 aromatic carbocycles. The SMILES string of the molecule is CC1(C)C(C=C(Cl)c2ccc(Cl)cc2)C1OC#N. The van der Waals surface area contributed by atoms with Crippen molar-refractivity contribution in [2.75, 3.05) is 0 Å². The van der Waals surface area contributed by atoms with Gasteiger partial charge in [0.2, 0.25) is 0 Å². The van der Waals surface area contributed by atoms with Crippen molar-refractivity contribution in [1.82, 2.24) is 0 Å². The van der Waals surface area contributed by atoms with E-state index in [1.165, 1.54) is 0 Å². The van der Waals surface area contributed by atoms with Gasteiger partial charge in [0.15, 0.2) is 0 Å². The summed E-state index contributed by atoms with van der Waals surface area (Å²) in [6, 6.07) is 7.34. The predicted octanol–water partition coefficient (Wildman–Crippen LogP) is 4.44. The molecule has 0 saturated heterocycles. The first kappa shape index (κ1) is 13.3. The summed E-state index contributed by atoms with van der Waals surface area (Å²) < 4.78 is 5.02. The average Bonchev–Trinajstić information content (AvgIpc) is 2.82. The Bertz CT molecular complexity index is 514. The number of halogens is 2. The maximum absolute atomic E-state index is 8.57. The van der Waals surface area contributed by atoms with Crippen LogP contribution in [0.1, 0.15) is 19.4 Å². The maximum Gasteiger partial charge on any atom is 0.286 e. The van der Waals surface area contributed by atoms with Gasteiger partial charge in [0.1, 0.15) is 6.10 Å². The molecule has 18 heavy (non-hydrogen) atoms. The van der Waals surface area contributed by atoms with Crippen LogP contribution < -0.4 is 0 Å². The summed E-state index contributed by atoms with van der Waals surface area (Å²) in [5, 5.41) is 9.91. The topological polar surface area (TPSA) is 33.0 Å². The van der Waals surface area contributed by atoms with Gasteiger partial charge >= 0.3 is 0 Å². The number of nitrogens with zero attached hydrogens (tertiary/aromatic N) is 1. The summed E-state index contributed by atoms with van der Waals surface area (Å²) in [6.07, 6.45) is 3.62. The highest BCUT2D eigenvalue weighted by Gasteiger charge is 2.59. The zero-order valence-corrected chi connectivity index (χ0v) is 11.7. The van der Waals surface area contributed by atoms with Gasteiger partial charge in [-0.25, -0.2) is 0 Å². The van der Waals surface area contributed by atoms with E-state index >= 15 is 0 Å². The third kappa shape index (κ3) is 2.48. The Labute approximate surface area is 117 Å². The Morgan fingerprint density at radius 1 is 1.39 bits per heavy atom. The van der Waals surface area contributed by atoms with Crippen molar-refractivity contribution in [3.8, 4) is 6.26 Å². The number of ether oxygens (including phenoxy) is 1. The number of hydrogen-bond donors (Lipinski definition) is 0. The number of hydrogen-bond acceptors (Lipinski definition) is 2. The summed E-state index contributed by atoms with van der Waals surface area (Å²) in [5.74, 6) is 0.167. The van der Waals surface area contributed by atoms with Crippen LogP contribution in [0.4, 0.5) is 0 Å². The Balaban J connectivity index is 2.15. The molecule has 0 bridgehead atoms. The quantitative estimate of drug-likeness (QED) is 0.768. The lowest BCUT2D eigenvalue weighted by atomic mass is 10.1. The van der Waals surface area contributed by atoms with Gasteiger partial charge in [-0.1, -0.05) is 55.3 Å². The first-order valence-electron chi connectivity index (χ1n) is 5.65. The van der Waals surface area contributed by atoms with Crippen molar-refractivity contribution in [3.63, 3.8) is 0 Å². The van der Waals surface area contributed by atoms with Gasteiger partial charge in [0.25, 0.3) is 6.26 Å². The van der Waals surface area contributed by atoms with Gasteiger partial charge in [-0.15, -0.1) is 0 Å². The largest absolute Gasteiger partial charge is 0.423 e. The lowest BCUT2D eigenvalue weighted by molar-refractivity contribution is 0.214. The van der Waals surface area contributed by atoms with Crippen LogP contribution in [-0.4, -0.2) is 6.10 Å². The maximum atomic E-state index is 8.57. The molecule has 1 aliphatic carbocycles. The molecule has 0 aromatic heterocycles. The van der Waals surface area contributed by atoms with Gasteiger partial charge in [0, 0.05) is 21.4 Å². The molecule has 1 fully saturated rings. The molecule has 4 heteroatoms. The van der Waals surface area contributed by atoms with Crippen LogP contribution >= 0.6 is 23.2 Å². The van der Waals surface area contributed by atoms with Gasteiger partial charge < -0.3 is 4.74 Å². The molecular weight excluding hydrogens is 269 g/mol. The van der Waals surface area contributed by atoms with Crippen LogP contribution in [0.5, 0.6) is 0 Å². The highest BCUT2D eigenvalue weighted by atomic mass is 35.5. The van der Waals surface area contributed by atoms with E-state index in [0.717, 1.165) is 5.56 Å². The van der Waals surface area contributed by atoms with Crippen LogP contribution in [0.2, 0.25) is 5.02 Å². The minimum absolute atomic E-state index is 0.0394. The Hall–Kier alpha value is -1.17. The van der Waals surface area contributed by atoms with Crippen molar-refractivity contribution in [1.29, 1.82) is 5.26 Å². The van der Waals surface area contributed by atoms with Gasteiger partial charge in [0.05, 0.1) is 0 Å². The highest BCUT2D eigenvalue weighted by molar-refractivity contribution is 6.48. The van der Waals surface area contributed by atoms with Crippen LogP contribution in [0.3, 0.4) is 0 Å². The Morgan fingerprint density at radius 3 is 2.56 bits per heavy atom. The molecule has 0 amide bonds. The molecule has 0 spiro atoms. The first-order valence-corrected chi connectivity index (χ1v) is 6.40. The summed E-state index contributed by atoms with van der Waals surface area (Å²) in [5.41, 5.74) is 0.877. The molecule has 1 saturated carbocycles. The minimum Gasteiger partial charge on any atom is -0.423 e. The summed E-state index contributed by atoms with van der Waals surface area (Å²) in [6.45, 7) is 4.12. The third-order valence-corrected chi connectivity index (χ3v) is 4.03. The van der Waals surface area contributed by atoms with Crippen LogP contribution in [0.25, 0.3) is 5.03 Å². The van der Waals surface area contributed by atoms with E-state index in [2.05, 4.69) is 13.8 Å². The monoisotopic (exact) mass is 281 g/mol. The van der Waals surface area contributed by atoms with Crippen molar-refractivity contribution < 1.29 is 4.74 Å². The standard InChI is InChI=1S/C14H13Cl2NO/c1-14(2)11(13(14)18-8-17)7-12(16)9-3-5-10(15)6-4-9/h3-7,11,13H,1-2H3. The zero-order valence-electron chi connectivity index (χ0n) is 10.2. The number of rotatable bonds is 3. The summed E-state index contributed by atoms with van der Waals surface area (Å²) >= 11 is 12.1. The van der Waals surface area contributed by atoms with Crippen molar-refractivity contribution >= 4 is 28.2 Å². The van der Waals surface area contributed by atoms with E-state index in [1.54, 1.807) is 18.4 Å². The number of benzene rings is 1. The molecule has 2 atom stereocenters.